The highest BCUT2D eigenvalue weighted by atomic mass is 32.2. The van der Waals surface area contributed by atoms with Crippen molar-refractivity contribution >= 4 is 40.0 Å². The molecule has 21 heavy (non-hydrogen) atoms. The van der Waals surface area contributed by atoms with E-state index in [0.29, 0.717) is 18.1 Å². The van der Waals surface area contributed by atoms with Gasteiger partial charge in [-0.2, -0.15) is 11.8 Å². The summed E-state index contributed by atoms with van der Waals surface area (Å²) in [6, 6.07) is -0.454. The molecule has 0 unspecified atom stereocenters. The Morgan fingerprint density at radius 2 is 2.29 bits per heavy atom. The van der Waals surface area contributed by atoms with Crippen LogP contribution >= 0.6 is 23.1 Å². The summed E-state index contributed by atoms with van der Waals surface area (Å²) in [5.41, 5.74) is 6.51. The van der Waals surface area contributed by atoms with Crippen molar-refractivity contribution in [2.45, 2.75) is 32.2 Å². The Morgan fingerprint density at radius 1 is 1.52 bits per heavy atom. The minimum Gasteiger partial charge on any atom is -0.375 e. The lowest BCUT2D eigenvalue weighted by Gasteiger charge is -2.17. The maximum atomic E-state index is 12.0. The highest BCUT2D eigenvalue weighted by Crippen LogP contribution is 2.12. The molecular formula is C13H22N4O2S2. The van der Waals surface area contributed by atoms with E-state index in [-0.39, 0.29) is 11.8 Å². The van der Waals surface area contributed by atoms with Crippen LogP contribution in [0.5, 0.6) is 0 Å². The zero-order valence-corrected chi connectivity index (χ0v) is 14.0. The lowest BCUT2D eigenvalue weighted by Crippen LogP contribution is -2.46. The minimum absolute atomic E-state index is 0.128. The fourth-order valence-electron chi connectivity index (χ4n) is 1.79. The first-order chi connectivity index (χ1) is 10.0. The van der Waals surface area contributed by atoms with E-state index in [2.05, 4.69) is 15.6 Å². The SMILES string of the molecule is CSCC[C@H](NC(C)=O)C(=O)NCCCc1csc(N)n1. The number of nitrogens with two attached hydrogens (primary N) is 1. The molecule has 0 saturated carbocycles. The van der Waals surface area contributed by atoms with Crippen molar-refractivity contribution in [2.24, 2.45) is 0 Å². The Kier molecular flexibility index (Phi) is 8.14. The van der Waals surface area contributed by atoms with Gasteiger partial charge in [-0.25, -0.2) is 4.98 Å². The molecular weight excluding hydrogens is 308 g/mol. The molecule has 4 N–H and O–H groups in total. The molecule has 6 nitrogen and oxygen atoms in total. The van der Waals surface area contributed by atoms with E-state index in [1.54, 1.807) is 11.8 Å². The quantitative estimate of drug-likeness (QED) is 0.588. The molecule has 0 aliphatic heterocycles. The normalized spacial score (nSPS) is 11.9. The number of anilines is 1. The summed E-state index contributed by atoms with van der Waals surface area (Å²) in [6.45, 7) is 1.98. The largest absolute Gasteiger partial charge is 0.375 e. The maximum Gasteiger partial charge on any atom is 0.242 e. The van der Waals surface area contributed by atoms with Gasteiger partial charge < -0.3 is 16.4 Å². The predicted molar refractivity (Wildman–Crippen MR) is 88.5 cm³/mol. The van der Waals surface area contributed by atoms with Crippen molar-refractivity contribution < 1.29 is 9.59 Å². The number of aryl methyl sites for hydroxylation is 1. The van der Waals surface area contributed by atoms with Gasteiger partial charge in [-0.15, -0.1) is 11.3 Å². The predicted octanol–water partition coefficient (Wildman–Crippen LogP) is 1.03. The van der Waals surface area contributed by atoms with Crippen molar-refractivity contribution in [3.63, 3.8) is 0 Å². The van der Waals surface area contributed by atoms with Gasteiger partial charge in [-0.1, -0.05) is 0 Å². The lowest BCUT2D eigenvalue weighted by molar-refractivity contribution is -0.128. The van der Waals surface area contributed by atoms with Gasteiger partial charge >= 0.3 is 0 Å². The first-order valence-corrected chi connectivity index (χ1v) is 9.04. The molecule has 1 heterocycles. The number of aromatic nitrogens is 1. The van der Waals surface area contributed by atoms with Gasteiger partial charge in [-0.05, 0) is 31.3 Å². The van der Waals surface area contributed by atoms with Crippen LogP contribution in [0, 0.1) is 0 Å². The van der Waals surface area contributed by atoms with Crippen LogP contribution in [0.15, 0.2) is 5.38 Å². The molecule has 0 aliphatic rings. The van der Waals surface area contributed by atoms with Crippen LogP contribution in [0.25, 0.3) is 0 Å². The van der Waals surface area contributed by atoms with Gasteiger partial charge in [0.2, 0.25) is 11.8 Å². The molecule has 0 bridgehead atoms. The van der Waals surface area contributed by atoms with Gasteiger partial charge in [0, 0.05) is 18.8 Å². The first-order valence-electron chi connectivity index (χ1n) is 6.76. The van der Waals surface area contributed by atoms with Crippen LogP contribution in [-0.4, -0.2) is 41.4 Å². The Balaban J connectivity index is 2.29. The Bertz CT molecular complexity index is 465. The lowest BCUT2D eigenvalue weighted by atomic mass is 10.2. The molecule has 0 spiro atoms. The van der Waals surface area contributed by atoms with Crippen molar-refractivity contribution in [2.75, 3.05) is 24.3 Å². The molecule has 0 aromatic carbocycles. The average molecular weight is 330 g/mol. The van der Waals surface area contributed by atoms with E-state index in [9.17, 15) is 9.59 Å². The summed E-state index contributed by atoms with van der Waals surface area (Å²) in [5, 5.41) is 8.03. The molecule has 118 valence electrons. The fraction of sp³-hybridized carbons (Fsp3) is 0.615. The van der Waals surface area contributed by atoms with E-state index in [1.165, 1.54) is 18.3 Å². The number of hydrogen-bond donors (Lipinski definition) is 3. The number of thiazole rings is 1. The molecule has 1 aromatic heterocycles. The number of amides is 2. The Hall–Kier alpha value is -1.28. The third kappa shape index (κ3) is 7.33. The number of nitrogens with one attached hydrogen (secondary N) is 2. The number of carbonyl (C=O) groups excluding carboxylic acids is 2. The van der Waals surface area contributed by atoms with E-state index in [0.717, 1.165) is 24.3 Å². The van der Waals surface area contributed by atoms with Crippen molar-refractivity contribution in [1.29, 1.82) is 0 Å². The summed E-state index contributed by atoms with van der Waals surface area (Å²) in [4.78, 5) is 27.3. The minimum atomic E-state index is -0.454. The topological polar surface area (TPSA) is 97.1 Å². The summed E-state index contributed by atoms with van der Waals surface area (Å²) >= 11 is 3.07. The molecule has 0 aliphatic carbocycles. The fourth-order valence-corrected chi connectivity index (χ4v) is 2.86. The number of nitrogen functional groups attached to an aromatic ring is 1. The van der Waals surface area contributed by atoms with Crippen LogP contribution in [0.2, 0.25) is 0 Å². The first kappa shape index (κ1) is 17.8. The van der Waals surface area contributed by atoms with E-state index < -0.39 is 6.04 Å². The van der Waals surface area contributed by atoms with Gasteiger partial charge in [0.25, 0.3) is 0 Å². The van der Waals surface area contributed by atoms with Gasteiger partial charge in [0.05, 0.1) is 5.69 Å². The summed E-state index contributed by atoms with van der Waals surface area (Å²) in [5.74, 6) is 0.516. The van der Waals surface area contributed by atoms with E-state index in [1.807, 2.05) is 11.6 Å². The zero-order valence-electron chi connectivity index (χ0n) is 12.3. The zero-order chi connectivity index (χ0) is 15.7. The second-order valence-corrected chi connectivity index (χ2v) is 6.48. The number of rotatable bonds is 9. The number of thioether (sulfide) groups is 1. The van der Waals surface area contributed by atoms with Crippen LogP contribution < -0.4 is 16.4 Å². The molecule has 0 radical (unpaired) electrons. The third-order valence-corrected chi connectivity index (χ3v) is 4.15. The monoisotopic (exact) mass is 330 g/mol. The molecule has 2 amide bonds. The van der Waals surface area contributed by atoms with Gasteiger partial charge in [-0.3, -0.25) is 9.59 Å². The second kappa shape index (κ2) is 9.62. The molecule has 1 atom stereocenters. The molecule has 8 heteroatoms. The van der Waals surface area contributed by atoms with Crippen LogP contribution in [0.4, 0.5) is 5.13 Å². The van der Waals surface area contributed by atoms with Crippen molar-refractivity contribution in [1.82, 2.24) is 15.6 Å². The van der Waals surface area contributed by atoms with Crippen LogP contribution in [-0.2, 0) is 16.0 Å². The number of nitrogens with zero attached hydrogens (tertiary/aromatic N) is 1. The standard InChI is InChI=1S/C13H22N4O2S2/c1-9(18)16-11(5-7-20-2)12(19)15-6-3-4-10-8-21-13(14)17-10/h8,11H,3-7H2,1-2H3,(H2,14,17)(H,15,19)(H,16,18)/t11-/m0/s1. The molecule has 0 saturated heterocycles. The number of hydrogen-bond acceptors (Lipinski definition) is 6. The van der Waals surface area contributed by atoms with Crippen molar-refractivity contribution in [3.8, 4) is 0 Å². The molecule has 1 rings (SSSR count). The summed E-state index contributed by atoms with van der Waals surface area (Å²) < 4.78 is 0. The summed E-state index contributed by atoms with van der Waals surface area (Å²) in [7, 11) is 0. The smallest absolute Gasteiger partial charge is 0.242 e. The highest BCUT2D eigenvalue weighted by Gasteiger charge is 2.18. The molecule has 1 aromatic rings. The third-order valence-electron chi connectivity index (χ3n) is 2.78. The summed E-state index contributed by atoms with van der Waals surface area (Å²) in [6.07, 6.45) is 4.19. The Morgan fingerprint density at radius 3 is 2.86 bits per heavy atom. The van der Waals surface area contributed by atoms with Gasteiger partial charge in [0.1, 0.15) is 6.04 Å². The van der Waals surface area contributed by atoms with Crippen LogP contribution in [0.1, 0.15) is 25.5 Å². The highest BCUT2D eigenvalue weighted by molar-refractivity contribution is 7.98. The van der Waals surface area contributed by atoms with Crippen LogP contribution in [0.3, 0.4) is 0 Å². The second-order valence-electron chi connectivity index (χ2n) is 4.61. The average Bonchev–Trinajstić information content (AvgIpc) is 2.84. The Labute approximate surface area is 133 Å². The maximum absolute atomic E-state index is 12.0. The van der Waals surface area contributed by atoms with Gasteiger partial charge in [0.15, 0.2) is 5.13 Å². The number of carbonyl (C=O) groups is 2. The van der Waals surface area contributed by atoms with E-state index in [4.69, 9.17) is 5.73 Å². The molecule has 0 fully saturated rings. The van der Waals surface area contributed by atoms with Crippen molar-refractivity contribution in [3.05, 3.63) is 11.1 Å². The van der Waals surface area contributed by atoms with E-state index >= 15 is 0 Å².